The number of halogens is 3. The van der Waals surface area contributed by atoms with Crippen LogP contribution in [0.25, 0.3) is 0 Å². The van der Waals surface area contributed by atoms with Crippen LogP contribution < -0.4 is 9.62 Å². The fourth-order valence-electron chi connectivity index (χ4n) is 3.84. The third-order valence-electron chi connectivity index (χ3n) is 6.21. The van der Waals surface area contributed by atoms with Gasteiger partial charge in [0.2, 0.25) is 11.8 Å². The van der Waals surface area contributed by atoms with E-state index in [0.717, 1.165) is 15.4 Å². The molecule has 39 heavy (non-hydrogen) atoms. The summed E-state index contributed by atoms with van der Waals surface area (Å²) >= 11 is 18.8. The van der Waals surface area contributed by atoms with Crippen LogP contribution >= 0.6 is 34.8 Å². The van der Waals surface area contributed by atoms with Crippen LogP contribution in [0.2, 0.25) is 15.1 Å². The van der Waals surface area contributed by atoms with Crippen molar-refractivity contribution in [2.24, 2.45) is 0 Å². The molecule has 3 aromatic rings. The number of nitrogens with zero attached hydrogens (tertiary/aromatic N) is 2. The van der Waals surface area contributed by atoms with Crippen LogP contribution in [0.3, 0.4) is 0 Å². The number of hydrogen-bond acceptors (Lipinski definition) is 4. The number of rotatable bonds is 10. The van der Waals surface area contributed by atoms with Gasteiger partial charge >= 0.3 is 0 Å². The number of anilines is 1. The molecule has 2 amide bonds. The summed E-state index contributed by atoms with van der Waals surface area (Å²) in [5.74, 6) is -0.991. The van der Waals surface area contributed by atoms with Crippen LogP contribution in [0.4, 0.5) is 5.69 Å². The molecule has 1 unspecified atom stereocenters. The minimum atomic E-state index is -4.19. The van der Waals surface area contributed by atoms with Gasteiger partial charge in [0, 0.05) is 28.2 Å². The molecule has 0 aliphatic carbocycles. The number of benzene rings is 3. The largest absolute Gasteiger partial charge is 0.355 e. The molecule has 0 heterocycles. The van der Waals surface area contributed by atoms with Crippen LogP contribution in [-0.4, -0.2) is 44.3 Å². The SMILES string of the molecule is CCNC(=O)C(C)N(Cc1ccc(Cl)cc1Cl)C(=O)CN(c1ccc(C)c(Cl)c1)S(=O)(=O)c1ccc(C)cc1. The minimum absolute atomic E-state index is 0.0154. The summed E-state index contributed by atoms with van der Waals surface area (Å²) in [7, 11) is -4.19. The summed E-state index contributed by atoms with van der Waals surface area (Å²) < 4.78 is 28.7. The number of nitrogens with one attached hydrogen (secondary N) is 1. The van der Waals surface area contributed by atoms with E-state index in [0.29, 0.717) is 27.2 Å². The first-order valence-corrected chi connectivity index (χ1v) is 14.8. The predicted octanol–water partition coefficient (Wildman–Crippen LogP) is 6.01. The summed E-state index contributed by atoms with van der Waals surface area (Å²) in [6, 6.07) is 15.0. The Hall–Kier alpha value is -2.78. The van der Waals surface area contributed by atoms with Crippen molar-refractivity contribution < 1.29 is 18.0 Å². The maximum Gasteiger partial charge on any atom is 0.264 e. The molecule has 7 nitrogen and oxygen atoms in total. The minimum Gasteiger partial charge on any atom is -0.355 e. The quantitative estimate of drug-likeness (QED) is 0.305. The lowest BCUT2D eigenvalue weighted by atomic mass is 10.1. The number of sulfonamides is 1. The maximum atomic E-state index is 13.9. The Morgan fingerprint density at radius 1 is 0.923 bits per heavy atom. The standard InChI is InChI=1S/C28H30Cl3N3O4S/c1-5-32-28(36)20(4)33(16-21-9-10-22(29)14-26(21)31)27(35)17-34(23-11-8-19(3)25(30)15-23)39(37,38)24-12-6-18(2)7-13-24/h6-15,20H,5,16-17H2,1-4H3,(H,32,36). The van der Waals surface area contributed by atoms with Gasteiger partial charge in [0.15, 0.2) is 0 Å². The summed E-state index contributed by atoms with van der Waals surface area (Å²) in [6.07, 6.45) is 0. The molecule has 0 aromatic heterocycles. The second kappa shape index (κ2) is 13.0. The van der Waals surface area contributed by atoms with Crippen molar-refractivity contribution in [1.29, 1.82) is 0 Å². The molecule has 0 saturated carbocycles. The number of carbonyl (C=O) groups excluding carboxylic acids is 2. The Balaban J connectivity index is 2.07. The van der Waals surface area contributed by atoms with E-state index in [2.05, 4.69) is 5.32 Å². The maximum absolute atomic E-state index is 13.9. The molecule has 0 aliphatic rings. The van der Waals surface area contributed by atoms with E-state index in [9.17, 15) is 18.0 Å². The number of carbonyl (C=O) groups is 2. The van der Waals surface area contributed by atoms with Crippen molar-refractivity contribution in [3.8, 4) is 0 Å². The molecule has 208 valence electrons. The van der Waals surface area contributed by atoms with Gasteiger partial charge < -0.3 is 10.2 Å². The summed E-state index contributed by atoms with van der Waals surface area (Å²) in [4.78, 5) is 28.0. The Labute approximate surface area is 244 Å². The smallest absolute Gasteiger partial charge is 0.264 e. The molecule has 0 fully saturated rings. The summed E-state index contributed by atoms with van der Waals surface area (Å²) in [5.41, 5.74) is 2.41. The van der Waals surface area contributed by atoms with E-state index in [1.54, 1.807) is 63.2 Å². The van der Waals surface area contributed by atoms with Gasteiger partial charge in [0.25, 0.3) is 10.0 Å². The molecular weight excluding hydrogens is 581 g/mol. The molecule has 0 radical (unpaired) electrons. The predicted molar refractivity (Wildman–Crippen MR) is 157 cm³/mol. The van der Waals surface area contributed by atoms with Crippen molar-refractivity contribution in [2.75, 3.05) is 17.4 Å². The molecule has 0 aliphatic heterocycles. The van der Waals surface area contributed by atoms with Crippen molar-refractivity contribution in [1.82, 2.24) is 10.2 Å². The Morgan fingerprint density at radius 2 is 1.59 bits per heavy atom. The molecular formula is C28H30Cl3N3O4S. The van der Waals surface area contributed by atoms with Crippen molar-refractivity contribution in [3.63, 3.8) is 0 Å². The van der Waals surface area contributed by atoms with E-state index in [4.69, 9.17) is 34.8 Å². The topological polar surface area (TPSA) is 86.8 Å². The molecule has 0 spiro atoms. The van der Waals surface area contributed by atoms with E-state index in [1.807, 2.05) is 6.92 Å². The monoisotopic (exact) mass is 609 g/mol. The van der Waals surface area contributed by atoms with Gasteiger partial charge in [-0.1, -0.05) is 64.6 Å². The molecule has 3 aromatic carbocycles. The van der Waals surface area contributed by atoms with E-state index in [-0.39, 0.29) is 23.0 Å². The zero-order valence-electron chi connectivity index (χ0n) is 22.0. The third kappa shape index (κ3) is 7.45. The highest BCUT2D eigenvalue weighted by molar-refractivity contribution is 7.92. The number of likely N-dealkylation sites (N-methyl/N-ethyl adjacent to an activating group) is 1. The highest BCUT2D eigenvalue weighted by Gasteiger charge is 2.33. The average molecular weight is 611 g/mol. The molecule has 3 rings (SSSR count). The lowest BCUT2D eigenvalue weighted by Gasteiger charge is -2.32. The first-order chi connectivity index (χ1) is 18.3. The molecule has 1 atom stereocenters. The molecule has 0 bridgehead atoms. The van der Waals surface area contributed by atoms with Crippen molar-refractivity contribution >= 4 is 62.3 Å². The van der Waals surface area contributed by atoms with Crippen LogP contribution in [0.1, 0.15) is 30.5 Å². The fourth-order valence-corrected chi connectivity index (χ4v) is 5.89. The van der Waals surface area contributed by atoms with Gasteiger partial charge in [0.05, 0.1) is 10.6 Å². The Kier molecular flexibility index (Phi) is 10.3. The average Bonchev–Trinajstić information content (AvgIpc) is 2.88. The second-order valence-electron chi connectivity index (χ2n) is 9.09. The van der Waals surface area contributed by atoms with Gasteiger partial charge in [-0.15, -0.1) is 0 Å². The third-order valence-corrected chi connectivity index (χ3v) is 8.99. The van der Waals surface area contributed by atoms with Gasteiger partial charge in [0.1, 0.15) is 12.6 Å². The lowest BCUT2D eigenvalue weighted by molar-refractivity contribution is -0.139. The van der Waals surface area contributed by atoms with Gasteiger partial charge in [-0.2, -0.15) is 0 Å². The van der Waals surface area contributed by atoms with Gasteiger partial charge in [-0.05, 0) is 75.2 Å². The van der Waals surface area contributed by atoms with Crippen LogP contribution in [0.5, 0.6) is 0 Å². The Morgan fingerprint density at radius 3 is 2.18 bits per heavy atom. The first kappa shape index (κ1) is 30.8. The van der Waals surface area contributed by atoms with Gasteiger partial charge in [-0.25, -0.2) is 8.42 Å². The molecule has 11 heteroatoms. The van der Waals surface area contributed by atoms with Crippen LogP contribution in [-0.2, 0) is 26.2 Å². The van der Waals surface area contributed by atoms with Gasteiger partial charge in [-0.3, -0.25) is 13.9 Å². The zero-order valence-corrected chi connectivity index (χ0v) is 25.1. The number of amides is 2. The number of hydrogen-bond donors (Lipinski definition) is 1. The first-order valence-electron chi connectivity index (χ1n) is 12.2. The lowest BCUT2D eigenvalue weighted by Crippen LogP contribution is -2.51. The summed E-state index contributed by atoms with van der Waals surface area (Å²) in [5, 5.41) is 3.80. The van der Waals surface area contributed by atoms with Crippen molar-refractivity contribution in [3.05, 3.63) is 92.4 Å². The van der Waals surface area contributed by atoms with Crippen LogP contribution in [0, 0.1) is 13.8 Å². The molecule has 0 saturated heterocycles. The summed E-state index contributed by atoms with van der Waals surface area (Å²) in [6.45, 7) is 6.73. The van der Waals surface area contributed by atoms with Crippen molar-refractivity contribution in [2.45, 2.75) is 45.2 Å². The highest BCUT2D eigenvalue weighted by atomic mass is 35.5. The zero-order chi connectivity index (χ0) is 28.9. The molecule has 1 N–H and O–H groups in total. The van der Waals surface area contributed by atoms with Crippen LogP contribution in [0.15, 0.2) is 65.6 Å². The normalized spacial score (nSPS) is 12.1. The highest BCUT2D eigenvalue weighted by Crippen LogP contribution is 2.29. The van der Waals surface area contributed by atoms with E-state index in [1.165, 1.54) is 23.1 Å². The van der Waals surface area contributed by atoms with E-state index < -0.39 is 28.5 Å². The second-order valence-corrected chi connectivity index (χ2v) is 12.2. The number of aryl methyl sites for hydroxylation is 2. The van der Waals surface area contributed by atoms with E-state index >= 15 is 0 Å². The Bertz CT molecular complexity index is 1460. The fraction of sp³-hybridized carbons (Fsp3) is 0.286.